The Morgan fingerprint density at radius 2 is 1.73 bits per heavy atom. The molecule has 0 aliphatic carbocycles. The SMILES string of the molecule is CCCNC(=O)[C@H](CC)N(Cc1cccc(OC)c1)C(=O)CCc1ccc(C(C)(C)C)cc1. The lowest BCUT2D eigenvalue weighted by Gasteiger charge is -2.31. The van der Waals surface area contributed by atoms with E-state index in [9.17, 15) is 9.59 Å². The van der Waals surface area contributed by atoms with Gasteiger partial charge < -0.3 is 15.0 Å². The van der Waals surface area contributed by atoms with Gasteiger partial charge in [0.2, 0.25) is 11.8 Å². The first-order valence-electron chi connectivity index (χ1n) is 12.0. The Morgan fingerprint density at radius 1 is 1.03 bits per heavy atom. The van der Waals surface area contributed by atoms with Crippen LogP contribution in [-0.4, -0.2) is 36.4 Å². The summed E-state index contributed by atoms with van der Waals surface area (Å²) in [4.78, 5) is 28.0. The van der Waals surface area contributed by atoms with Gasteiger partial charge in [-0.2, -0.15) is 0 Å². The van der Waals surface area contributed by atoms with Crippen LogP contribution in [0.1, 0.15) is 70.6 Å². The highest BCUT2D eigenvalue weighted by Crippen LogP contribution is 2.23. The van der Waals surface area contributed by atoms with E-state index in [2.05, 4.69) is 50.4 Å². The van der Waals surface area contributed by atoms with Gasteiger partial charge in [0, 0.05) is 19.5 Å². The van der Waals surface area contributed by atoms with Crippen LogP contribution in [0.2, 0.25) is 0 Å². The summed E-state index contributed by atoms with van der Waals surface area (Å²) in [6, 6.07) is 15.7. The fraction of sp³-hybridized carbons (Fsp3) is 0.500. The number of methoxy groups -OCH3 is 1. The Bertz CT molecular complexity index is 900. The summed E-state index contributed by atoms with van der Waals surface area (Å²) >= 11 is 0. The van der Waals surface area contributed by atoms with Gasteiger partial charge in [-0.05, 0) is 53.5 Å². The molecule has 2 rings (SSSR count). The molecule has 5 nitrogen and oxygen atoms in total. The van der Waals surface area contributed by atoms with Crippen LogP contribution in [0.4, 0.5) is 0 Å². The molecule has 0 spiro atoms. The van der Waals surface area contributed by atoms with Crippen molar-refractivity contribution < 1.29 is 14.3 Å². The number of hydrogen-bond acceptors (Lipinski definition) is 3. The monoisotopic (exact) mass is 452 g/mol. The number of nitrogens with one attached hydrogen (secondary N) is 1. The maximum Gasteiger partial charge on any atom is 0.242 e. The number of amides is 2. The van der Waals surface area contributed by atoms with Crippen molar-refractivity contribution in [2.75, 3.05) is 13.7 Å². The molecule has 1 atom stereocenters. The van der Waals surface area contributed by atoms with Crippen LogP contribution in [0, 0.1) is 0 Å². The quantitative estimate of drug-likeness (QED) is 0.506. The molecule has 0 fully saturated rings. The number of benzene rings is 2. The lowest BCUT2D eigenvalue weighted by Crippen LogP contribution is -2.49. The fourth-order valence-electron chi connectivity index (χ4n) is 3.82. The van der Waals surface area contributed by atoms with Gasteiger partial charge >= 0.3 is 0 Å². The number of nitrogens with zero attached hydrogens (tertiary/aromatic N) is 1. The standard InChI is InChI=1S/C28H40N2O3/c1-7-18-29-27(32)25(8-2)30(20-22-10-9-11-24(19-22)33-6)26(31)17-14-21-12-15-23(16-13-21)28(3,4)5/h9-13,15-16,19,25H,7-8,14,17-18,20H2,1-6H3,(H,29,32)/t25-/m0/s1. The molecule has 0 saturated carbocycles. The minimum atomic E-state index is -0.501. The molecule has 0 aromatic heterocycles. The fourth-order valence-corrected chi connectivity index (χ4v) is 3.82. The van der Waals surface area contributed by atoms with Gasteiger partial charge in [-0.15, -0.1) is 0 Å². The van der Waals surface area contributed by atoms with Crippen molar-refractivity contribution >= 4 is 11.8 Å². The highest BCUT2D eigenvalue weighted by Gasteiger charge is 2.28. The second-order valence-corrected chi connectivity index (χ2v) is 9.54. The molecule has 2 aromatic carbocycles. The molecule has 0 radical (unpaired) electrons. The summed E-state index contributed by atoms with van der Waals surface area (Å²) in [7, 11) is 1.63. The van der Waals surface area contributed by atoms with Crippen molar-refractivity contribution in [3.63, 3.8) is 0 Å². The van der Waals surface area contributed by atoms with Crippen LogP contribution in [0.3, 0.4) is 0 Å². The van der Waals surface area contributed by atoms with Crippen LogP contribution in [-0.2, 0) is 28.0 Å². The molecule has 2 aromatic rings. The summed E-state index contributed by atoms with van der Waals surface area (Å²) in [6.07, 6.45) is 2.42. The molecular weight excluding hydrogens is 412 g/mol. The molecule has 180 valence electrons. The van der Waals surface area contributed by atoms with E-state index in [0.717, 1.165) is 23.3 Å². The van der Waals surface area contributed by atoms with E-state index in [1.165, 1.54) is 5.56 Å². The van der Waals surface area contributed by atoms with Gasteiger partial charge in [0.05, 0.1) is 7.11 Å². The number of carbonyl (C=O) groups is 2. The predicted octanol–water partition coefficient (Wildman–Crippen LogP) is 5.26. The first-order chi connectivity index (χ1) is 15.7. The number of hydrogen-bond donors (Lipinski definition) is 1. The molecule has 1 N–H and O–H groups in total. The Kier molecular flexibility index (Phi) is 9.95. The van der Waals surface area contributed by atoms with Gasteiger partial charge in [-0.1, -0.05) is 71.0 Å². The van der Waals surface area contributed by atoms with E-state index in [-0.39, 0.29) is 17.2 Å². The van der Waals surface area contributed by atoms with E-state index >= 15 is 0 Å². The minimum absolute atomic E-state index is 0.0174. The van der Waals surface area contributed by atoms with Crippen LogP contribution < -0.4 is 10.1 Å². The summed E-state index contributed by atoms with van der Waals surface area (Å²) in [5.74, 6) is 0.628. The van der Waals surface area contributed by atoms with Gasteiger partial charge in [-0.3, -0.25) is 9.59 Å². The van der Waals surface area contributed by atoms with Gasteiger partial charge in [0.15, 0.2) is 0 Å². The molecule has 0 aliphatic rings. The van der Waals surface area contributed by atoms with Crippen molar-refractivity contribution in [2.45, 2.75) is 78.3 Å². The molecule has 0 bridgehead atoms. The molecule has 0 saturated heterocycles. The maximum atomic E-state index is 13.4. The highest BCUT2D eigenvalue weighted by atomic mass is 16.5. The number of rotatable bonds is 11. The Hall–Kier alpha value is -2.82. The summed E-state index contributed by atoms with van der Waals surface area (Å²) in [6.45, 7) is 11.5. The molecule has 0 heterocycles. The average molecular weight is 453 g/mol. The highest BCUT2D eigenvalue weighted by molar-refractivity contribution is 5.87. The summed E-state index contributed by atoms with van der Waals surface area (Å²) in [5.41, 5.74) is 3.44. The van der Waals surface area contributed by atoms with E-state index < -0.39 is 6.04 Å². The third kappa shape index (κ3) is 7.92. The van der Waals surface area contributed by atoms with Gasteiger partial charge in [-0.25, -0.2) is 0 Å². The largest absolute Gasteiger partial charge is 0.497 e. The second kappa shape index (κ2) is 12.4. The number of aryl methyl sites for hydroxylation is 1. The smallest absolute Gasteiger partial charge is 0.242 e. The maximum absolute atomic E-state index is 13.4. The molecule has 2 amide bonds. The predicted molar refractivity (Wildman–Crippen MR) is 134 cm³/mol. The van der Waals surface area contributed by atoms with Gasteiger partial charge in [0.25, 0.3) is 0 Å². The molecule has 33 heavy (non-hydrogen) atoms. The third-order valence-corrected chi connectivity index (χ3v) is 5.87. The zero-order valence-corrected chi connectivity index (χ0v) is 21.1. The Balaban J connectivity index is 2.19. The van der Waals surface area contributed by atoms with Crippen LogP contribution in [0.5, 0.6) is 5.75 Å². The van der Waals surface area contributed by atoms with Crippen LogP contribution in [0.15, 0.2) is 48.5 Å². The average Bonchev–Trinajstić information content (AvgIpc) is 2.80. The lowest BCUT2D eigenvalue weighted by molar-refractivity contribution is -0.141. The zero-order valence-electron chi connectivity index (χ0n) is 21.1. The van der Waals surface area contributed by atoms with Crippen molar-refractivity contribution in [2.24, 2.45) is 0 Å². The van der Waals surface area contributed by atoms with Crippen LogP contribution in [0.25, 0.3) is 0 Å². The van der Waals surface area contributed by atoms with Crippen molar-refractivity contribution in [1.29, 1.82) is 0 Å². The van der Waals surface area contributed by atoms with Gasteiger partial charge in [0.1, 0.15) is 11.8 Å². The number of ether oxygens (including phenoxy) is 1. The third-order valence-electron chi connectivity index (χ3n) is 5.87. The summed E-state index contributed by atoms with van der Waals surface area (Å²) < 4.78 is 5.34. The van der Waals surface area contributed by atoms with Crippen molar-refractivity contribution in [3.05, 3.63) is 65.2 Å². The number of carbonyl (C=O) groups excluding carboxylic acids is 2. The van der Waals surface area contributed by atoms with Crippen LogP contribution >= 0.6 is 0 Å². The van der Waals surface area contributed by atoms with E-state index in [1.54, 1.807) is 12.0 Å². The zero-order chi connectivity index (χ0) is 24.4. The topological polar surface area (TPSA) is 58.6 Å². The first-order valence-corrected chi connectivity index (χ1v) is 12.0. The normalized spacial score (nSPS) is 12.2. The molecule has 0 unspecified atom stereocenters. The Labute approximate surface area is 199 Å². The second-order valence-electron chi connectivity index (χ2n) is 9.54. The molecule has 5 heteroatoms. The minimum Gasteiger partial charge on any atom is -0.497 e. The van der Waals surface area contributed by atoms with E-state index in [1.807, 2.05) is 38.1 Å². The van der Waals surface area contributed by atoms with Crippen molar-refractivity contribution in [3.8, 4) is 5.75 Å². The van der Waals surface area contributed by atoms with E-state index in [0.29, 0.717) is 32.4 Å². The summed E-state index contributed by atoms with van der Waals surface area (Å²) in [5, 5.41) is 2.96. The lowest BCUT2D eigenvalue weighted by atomic mass is 9.86. The first kappa shape index (κ1) is 26.4. The van der Waals surface area contributed by atoms with E-state index in [4.69, 9.17) is 4.74 Å². The molecular formula is C28H40N2O3. The van der Waals surface area contributed by atoms with Crippen molar-refractivity contribution in [1.82, 2.24) is 10.2 Å². The molecule has 0 aliphatic heterocycles. The Morgan fingerprint density at radius 3 is 2.30 bits per heavy atom.